The van der Waals surface area contributed by atoms with Gasteiger partial charge < -0.3 is 0 Å². The van der Waals surface area contributed by atoms with Crippen LogP contribution < -0.4 is 0 Å². The average Bonchev–Trinajstić information content (AvgIpc) is 2.45. The summed E-state index contributed by atoms with van der Waals surface area (Å²) in [5.74, 6) is 0. The van der Waals surface area contributed by atoms with Crippen LogP contribution >= 0.6 is 0 Å². The molecule has 1 aromatic rings. The molecule has 2 heterocycles. The van der Waals surface area contributed by atoms with Gasteiger partial charge in [0.25, 0.3) is 0 Å². The molecule has 0 radical (unpaired) electrons. The first kappa shape index (κ1) is 9.66. The predicted octanol–water partition coefficient (Wildman–Crippen LogP) is 2.50. The molecule has 1 aliphatic rings. The lowest BCUT2D eigenvalue weighted by molar-refractivity contribution is 0.135. The number of fused-ring (bicyclic) bond motifs is 1. The molecular formula is C12H18N2. The summed E-state index contributed by atoms with van der Waals surface area (Å²) in [5.41, 5.74) is 4.03. The fourth-order valence-corrected chi connectivity index (χ4v) is 1.84. The van der Waals surface area contributed by atoms with Crippen molar-refractivity contribution in [1.82, 2.24) is 9.88 Å². The van der Waals surface area contributed by atoms with Crippen molar-refractivity contribution in [2.24, 2.45) is 0 Å². The van der Waals surface area contributed by atoms with E-state index in [9.17, 15) is 0 Å². The minimum Gasteiger partial charge on any atom is -0.288 e. The zero-order valence-electron chi connectivity index (χ0n) is 9.46. The summed E-state index contributed by atoms with van der Waals surface area (Å²) in [6, 6.07) is 4.31. The largest absolute Gasteiger partial charge is 0.288 e. The molecule has 0 atom stereocenters. The van der Waals surface area contributed by atoms with Crippen LogP contribution in [-0.2, 0) is 13.1 Å². The van der Waals surface area contributed by atoms with Gasteiger partial charge >= 0.3 is 0 Å². The number of aromatic nitrogens is 1. The van der Waals surface area contributed by atoms with E-state index in [0.717, 1.165) is 18.8 Å². The lowest BCUT2D eigenvalue weighted by Crippen LogP contribution is -2.36. The van der Waals surface area contributed by atoms with Crippen LogP contribution in [0.5, 0.6) is 0 Å². The molecule has 0 unspecified atom stereocenters. The number of pyridine rings is 1. The third kappa shape index (κ3) is 1.67. The van der Waals surface area contributed by atoms with Gasteiger partial charge in [0.1, 0.15) is 0 Å². The molecule has 1 aromatic heterocycles. The Morgan fingerprint density at radius 1 is 1.21 bits per heavy atom. The number of rotatable bonds is 0. The highest BCUT2D eigenvalue weighted by molar-refractivity contribution is 5.26. The van der Waals surface area contributed by atoms with Crippen LogP contribution in [0.2, 0.25) is 0 Å². The Morgan fingerprint density at radius 3 is 2.57 bits per heavy atom. The lowest BCUT2D eigenvalue weighted by atomic mass is 10.1. The number of hydrogen-bond acceptors (Lipinski definition) is 2. The summed E-state index contributed by atoms with van der Waals surface area (Å²) in [5, 5.41) is 0. The van der Waals surface area contributed by atoms with E-state index in [2.05, 4.69) is 49.7 Å². The van der Waals surface area contributed by atoms with E-state index in [4.69, 9.17) is 0 Å². The molecule has 2 rings (SSSR count). The maximum atomic E-state index is 4.58. The number of nitrogens with zero attached hydrogens (tertiary/aromatic N) is 2. The van der Waals surface area contributed by atoms with Crippen molar-refractivity contribution in [3.63, 3.8) is 0 Å². The molecule has 0 amide bonds. The molecule has 14 heavy (non-hydrogen) atoms. The molecule has 0 spiro atoms. The average molecular weight is 190 g/mol. The summed E-state index contributed by atoms with van der Waals surface area (Å²) in [6.45, 7) is 10.9. The zero-order valence-corrected chi connectivity index (χ0v) is 9.46. The minimum absolute atomic E-state index is 0.245. The topological polar surface area (TPSA) is 16.1 Å². The van der Waals surface area contributed by atoms with E-state index in [1.54, 1.807) is 0 Å². The van der Waals surface area contributed by atoms with Crippen molar-refractivity contribution in [3.05, 3.63) is 29.1 Å². The quantitative estimate of drug-likeness (QED) is 0.625. The molecule has 0 saturated carbocycles. The van der Waals surface area contributed by atoms with Crippen molar-refractivity contribution in [2.45, 2.75) is 46.3 Å². The Balaban J connectivity index is 2.26. The molecule has 0 aliphatic carbocycles. The normalized spacial score (nSPS) is 17.1. The molecule has 0 aromatic carbocycles. The first-order valence-electron chi connectivity index (χ1n) is 5.17. The Morgan fingerprint density at radius 2 is 1.93 bits per heavy atom. The van der Waals surface area contributed by atoms with Crippen LogP contribution in [0.1, 0.15) is 37.7 Å². The second-order valence-corrected chi connectivity index (χ2v) is 5.09. The highest BCUT2D eigenvalue weighted by Crippen LogP contribution is 2.27. The molecular weight excluding hydrogens is 172 g/mol. The van der Waals surface area contributed by atoms with Crippen molar-refractivity contribution >= 4 is 0 Å². The van der Waals surface area contributed by atoms with Gasteiger partial charge in [0, 0.05) is 24.3 Å². The third-order valence-corrected chi connectivity index (χ3v) is 2.86. The second kappa shape index (κ2) is 3.06. The molecule has 2 heteroatoms. The molecule has 0 bridgehead atoms. The Labute approximate surface area is 86.0 Å². The third-order valence-electron chi connectivity index (χ3n) is 2.86. The standard InChI is InChI=1S/C12H18N2/c1-9-5-6-10-7-14(12(2,3)4)8-11(10)13-9/h5-6H,7-8H2,1-4H3. The van der Waals surface area contributed by atoms with E-state index in [0.29, 0.717) is 0 Å². The fraction of sp³-hybridized carbons (Fsp3) is 0.583. The van der Waals surface area contributed by atoms with Crippen molar-refractivity contribution in [2.75, 3.05) is 0 Å². The molecule has 1 aliphatic heterocycles. The van der Waals surface area contributed by atoms with E-state index < -0.39 is 0 Å². The fourth-order valence-electron chi connectivity index (χ4n) is 1.84. The minimum atomic E-state index is 0.245. The van der Waals surface area contributed by atoms with Crippen molar-refractivity contribution in [1.29, 1.82) is 0 Å². The predicted molar refractivity (Wildman–Crippen MR) is 58.0 cm³/mol. The van der Waals surface area contributed by atoms with Crippen LogP contribution in [0.25, 0.3) is 0 Å². The highest BCUT2D eigenvalue weighted by Gasteiger charge is 2.28. The van der Waals surface area contributed by atoms with Gasteiger partial charge in [-0.15, -0.1) is 0 Å². The summed E-state index contributed by atoms with van der Waals surface area (Å²) in [6.07, 6.45) is 0. The highest BCUT2D eigenvalue weighted by atomic mass is 15.2. The van der Waals surface area contributed by atoms with Crippen LogP contribution in [0.4, 0.5) is 0 Å². The van der Waals surface area contributed by atoms with Crippen LogP contribution in [-0.4, -0.2) is 15.4 Å². The smallest absolute Gasteiger partial charge is 0.0592 e. The van der Waals surface area contributed by atoms with E-state index in [1.165, 1.54) is 11.3 Å². The first-order chi connectivity index (χ1) is 6.47. The Hall–Kier alpha value is -0.890. The maximum absolute atomic E-state index is 4.58. The van der Waals surface area contributed by atoms with Crippen molar-refractivity contribution in [3.8, 4) is 0 Å². The van der Waals surface area contributed by atoms with Crippen molar-refractivity contribution < 1.29 is 0 Å². The summed E-state index contributed by atoms with van der Waals surface area (Å²) >= 11 is 0. The summed E-state index contributed by atoms with van der Waals surface area (Å²) < 4.78 is 0. The van der Waals surface area contributed by atoms with Gasteiger partial charge in [-0.05, 0) is 39.3 Å². The number of hydrogen-bond donors (Lipinski definition) is 0. The van der Waals surface area contributed by atoms with Gasteiger partial charge in [0.15, 0.2) is 0 Å². The second-order valence-electron chi connectivity index (χ2n) is 5.09. The van der Waals surface area contributed by atoms with Gasteiger partial charge in [-0.2, -0.15) is 0 Å². The SMILES string of the molecule is Cc1ccc2c(n1)CN(C(C)(C)C)C2. The van der Waals surface area contributed by atoms with Gasteiger partial charge in [0.2, 0.25) is 0 Å². The molecule has 0 fully saturated rings. The molecule has 0 saturated heterocycles. The van der Waals surface area contributed by atoms with E-state index in [1.807, 2.05) is 0 Å². The molecule has 76 valence electrons. The Kier molecular flexibility index (Phi) is 2.11. The molecule has 2 nitrogen and oxygen atoms in total. The van der Waals surface area contributed by atoms with Gasteiger partial charge in [0.05, 0.1) is 5.69 Å². The van der Waals surface area contributed by atoms with E-state index >= 15 is 0 Å². The van der Waals surface area contributed by atoms with Crippen LogP contribution in [0.3, 0.4) is 0 Å². The summed E-state index contributed by atoms with van der Waals surface area (Å²) in [7, 11) is 0. The van der Waals surface area contributed by atoms with Gasteiger partial charge in [-0.1, -0.05) is 6.07 Å². The summed E-state index contributed by atoms with van der Waals surface area (Å²) in [4.78, 5) is 7.04. The van der Waals surface area contributed by atoms with Gasteiger partial charge in [-0.25, -0.2) is 0 Å². The lowest BCUT2D eigenvalue weighted by Gasteiger charge is -2.30. The van der Waals surface area contributed by atoms with Gasteiger partial charge in [-0.3, -0.25) is 9.88 Å². The number of aryl methyl sites for hydroxylation is 1. The maximum Gasteiger partial charge on any atom is 0.0592 e. The van der Waals surface area contributed by atoms with E-state index in [-0.39, 0.29) is 5.54 Å². The zero-order chi connectivity index (χ0) is 10.3. The van der Waals surface area contributed by atoms with Crippen LogP contribution in [0, 0.1) is 6.92 Å². The molecule has 0 N–H and O–H groups in total. The Bertz CT molecular complexity index is 350. The van der Waals surface area contributed by atoms with Crippen LogP contribution in [0.15, 0.2) is 12.1 Å². The monoisotopic (exact) mass is 190 g/mol. The first-order valence-corrected chi connectivity index (χ1v) is 5.17.